The van der Waals surface area contributed by atoms with Crippen molar-refractivity contribution in [2.45, 2.75) is 38.4 Å². The molecule has 1 heterocycles. The molecule has 2 aromatic rings. The lowest BCUT2D eigenvalue weighted by Crippen LogP contribution is -2.35. The molecule has 138 valence electrons. The van der Waals surface area contributed by atoms with E-state index in [-0.39, 0.29) is 29.9 Å². The Labute approximate surface area is 150 Å². The molecule has 1 aliphatic heterocycles. The minimum Gasteiger partial charge on any atom is -0.335 e. The highest BCUT2D eigenvalue weighted by Gasteiger charge is 2.31. The monoisotopic (exact) mass is 362 g/mol. The molecule has 1 fully saturated rings. The Kier molecular flexibility index (Phi) is 5.93. The Morgan fingerprint density at radius 2 is 1.85 bits per heavy atom. The number of amides is 1. The van der Waals surface area contributed by atoms with Gasteiger partial charge < -0.3 is 10.2 Å². The predicted molar refractivity (Wildman–Crippen MR) is 92.7 cm³/mol. The van der Waals surface area contributed by atoms with Crippen LogP contribution < -0.4 is 5.32 Å². The summed E-state index contributed by atoms with van der Waals surface area (Å²) in [4.78, 5) is 13.8. The van der Waals surface area contributed by atoms with Gasteiger partial charge in [-0.3, -0.25) is 4.79 Å². The van der Waals surface area contributed by atoms with E-state index in [1.807, 2.05) is 0 Å². The number of likely N-dealkylation sites (tertiary alicyclic amines) is 1. The second kappa shape index (κ2) is 8.36. The maximum absolute atomic E-state index is 13.9. The molecule has 3 nitrogen and oxygen atoms in total. The maximum Gasteiger partial charge on any atom is 0.223 e. The second-order valence-corrected chi connectivity index (χ2v) is 6.52. The van der Waals surface area contributed by atoms with Crippen molar-refractivity contribution in [1.29, 1.82) is 0 Å². The maximum atomic E-state index is 13.9. The summed E-state index contributed by atoms with van der Waals surface area (Å²) in [5, 5.41) is 3.27. The van der Waals surface area contributed by atoms with Crippen LogP contribution in [0.25, 0.3) is 0 Å². The zero-order chi connectivity index (χ0) is 18.5. The summed E-state index contributed by atoms with van der Waals surface area (Å²) < 4.78 is 40.1. The zero-order valence-corrected chi connectivity index (χ0v) is 14.4. The van der Waals surface area contributed by atoms with Gasteiger partial charge in [0.15, 0.2) is 11.6 Å². The first-order valence-corrected chi connectivity index (χ1v) is 8.72. The van der Waals surface area contributed by atoms with E-state index in [2.05, 4.69) is 5.32 Å². The molecular formula is C20H21F3N2O. The molecular weight excluding hydrogens is 341 g/mol. The van der Waals surface area contributed by atoms with Gasteiger partial charge in [-0.1, -0.05) is 24.3 Å². The largest absolute Gasteiger partial charge is 0.335 e. The van der Waals surface area contributed by atoms with E-state index in [1.165, 1.54) is 24.3 Å². The number of rotatable bonds is 7. The summed E-state index contributed by atoms with van der Waals surface area (Å²) >= 11 is 0. The average Bonchev–Trinajstić information content (AvgIpc) is 2.97. The Morgan fingerprint density at radius 1 is 1.08 bits per heavy atom. The lowest BCUT2D eigenvalue weighted by Gasteiger charge is -2.25. The van der Waals surface area contributed by atoms with E-state index in [0.29, 0.717) is 25.9 Å². The quantitative estimate of drug-likeness (QED) is 0.761. The molecule has 1 amide bonds. The Morgan fingerprint density at radius 3 is 2.62 bits per heavy atom. The van der Waals surface area contributed by atoms with Gasteiger partial charge in [-0.25, -0.2) is 13.2 Å². The second-order valence-electron chi connectivity index (χ2n) is 6.52. The van der Waals surface area contributed by atoms with E-state index in [1.54, 1.807) is 17.0 Å². The molecule has 6 heteroatoms. The van der Waals surface area contributed by atoms with Crippen LogP contribution in [0.5, 0.6) is 0 Å². The third-order valence-corrected chi connectivity index (χ3v) is 4.72. The minimum absolute atomic E-state index is 0.00545. The molecule has 0 spiro atoms. The fourth-order valence-electron chi connectivity index (χ4n) is 3.27. The number of nitrogens with zero attached hydrogens (tertiary/aromatic N) is 1. The van der Waals surface area contributed by atoms with Crippen LogP contribution in [0.3, 0.4) is 0 Å². The van der Waals surface area contributed by atoms with E-state index in [0.717, 1.165) is 18.1 Å². The van der Waals surface area contributed by atoms with Crippen LogP contribution in [-0.4, -0.2) is 23.4 Å². The molecule has 0 aliphatic carbocycles. The number of carbonyl (C=O) groups is 1. The SMILES string of the molecule is O=C1CCC(CCNCc2ccc(F)cc2)N1Cc1cccc(F)c1F. The van der Waals surface area contributed by atoms with Crippen molar-refractivity contribution in [3.05, 3.63) is 71.0 Å². The topological polar surface area (TPSA) is 32.3 Å². The summed E-state index contributed by atoms with van der Waals surface area (Å²) in [5.41, 5.74) is 1.18. The van der Waals surface area contributed by atoms with Gasteiger partial charge in [0, 0.05) is 31.1 Å². The van der Waals surface area contributed by atoms with Crippen LogP contribution in [0, 0.1) is 17.5 Å². The molecule has 0 radical (unpaired) electrons. The van der Waals surface area contributed by atoms with E-state index >= 15 is 0 Å². The minimum atomic E-state index is -0.897. The third-order valence-electron chi connectivity index (χ3n) is 4.72. The van der Waals surface area contributed by atoms with E-state index < -0.39 is 11.6 Å². The summed E-state index contributed by atoms with van der Waals surface area (Å²) in [7, 11) is 0. The molecule has 26 heavy (non-hydrogen) atoms. The van der Waals surface area contributed by atoms with Gasteiger partial charge in [-0.05, 0) is 43.1 Å². The Bertz CT molecular complexity index is 764. The third kappa shape index (κ3) is 4.43. The van der Waals surface area contributed by atoms with Gasteiger partial charge >= 0.3 is 0 Å². The van der Waals surface area contributed by atoms with Gasteiger partial charge in [0.2, 0.25) is 5.91 Å². The molecule has 1 saturated heterocycles. The standard InChI is InChI=1S/C20H21F3N2O/c21-16-6-4-14(5-7-16)12-24-11-10-17-8-9-19(26)25(17)13-15-2-1-3-18(22)20(15)23/h1-7,17,24H,8-13H2. The molecule has 2 aromatic carbocycles. The molecule has 3 rings (SSSR count). The molecule has 1 aliphatic rings. The molecule has 1 atom stereocenters. The number of nitrogens with one attached hydrogen (secondary N) is 1. The van der Waals surface area contributed by atoms with Crippen LogP contribution >= 0.6 is 0 Å². The van der Waals surface area contributed by atoms with Crippen molar-refractivity contribution in [1.82, 2.24) is 10.2 Å². The molecule has 0 bridgehead atoms. The average molecular weight is 362 g/mol. The zero-order valence-electron chi connectivity index (χ0n) is 14.4. The van der Waals surface area contributed by atoms with Crippen molar-refractivity contribution in [2.24, 2.45) is 0 Å². The van der Waals surface area contributed by atoms with Gasteiger partial charge in [-0.2, -0.15) is 0 Å². The van der Waals surface area contributed by atoms with Crippen molar-refractivity contribution in [3.63, 3.8) is 0 Å². The van der Waals surface area contributed by atoms with Crippen LogP contribution in [0.1, 0.15) is 30.4 Å². The smallest absolute Gasteiger partial charge is 0.223 e. The first-order valence-electron chi connectivity index (χ1n) is 8.72. The van der Waals surface area contributed by atoms with E-state index in [4.69, 9.17) is 0 Å². The highest BCUT2D eigenvalue weighted by Crippen LogP contribution is 2.25. The molecule has 0 saturated carbocycles. The number of hydrogen-bond donors (Lipinski definition) is 1. The fourth-order valence-corrected chi connectivity index (χ4v) is 3.27. The van der Waals surface area contributed by atoms with E-state index in [9.17, 15) is 18.0 Å². The van der Waals surface area contributed by atoms with Gasteiger partial charge in [0.25, 0.3) is 0 Å². The lowest BCUT2D eigenvalue weighted by molar-refractivity contribution is -0.129. The van der Waals surface area contributed by atoms with Crippen molar-refractivity contribution >= 4 is 5.91 Å². The lowest BCUT2D eigenvalue weighted by atomic mass is 10.1. The fraction of sp³-hybridized carbons (Fsp3) is 0.350. The first kappa shape index (κ1) is 18.5. The van der Waals surface area contributed by atoms with Gasteiger partial charge in [-0.15, -0.1) is 0 Å². The molecule has 1 unspecified atom stereocenters. The molecule has 1 N–H and O–H groups in total. The number of halogens is 3. The van der Waals surface area contributed by atoms with Gasteiger partial charge in [0.1, 0.15) is 5.82 Å². The van der Waals surface area contributed by atoms with Crippen LogP contribution in [0.15, 0.2) is 42.5 Å². The normalized spacial score (nSPS) is 17.1. The predicted octanol–water partition coefficient (Wildman–Crippen LogP) is 3.77. The summed E-state index contributed by atoms with van der Waals surface area (Å²) in [6.07, 6.45) is 1.87. The van der Waals surface area contributed by atoms with Crippen LogP contribution in [0.4, 0.5) is 13.2 Å². The van der Waals surface area contributed by atoms with Gasteiger partial charge in [0.05, 0.1) is 0 Å². The number of carbonyl (C=O) groups excluding carboxylic acids is 1. The summed E-state index contributed by atoms with van der Waals surface area (Å²) in [6.45, 7) is 1.38. The van der Waals surface area contributed by atoms with Crippen molar-refractivity contribution < 1.29 is 18.0 Å². The number of hydrogen-bond acceptors (Lipinski definition) is 2. The number of benzene rings is 2. The Balaban J connectivity index is 1.52. The summed E-state index contributed by atoms with van der Waals surface area (Å²) in [5.74, 6) is -2.08. The van der Waals surface area contributed by atoms with Crippen LogP contribution in [-0.2, 0) is 17.9 Å². The first-order chi connectivity index (χ1) is 12.5. The highest BCUT2D eigenvalue weighted by atomic mass is 19.2. The van der Waals surface area contributed by atoms with Crippen molar-refractivity contribution in [2.75, 3.05) is 6.54 Å². The Hall–Kier alpha value is -2.34. The highest BCUT2D eigenvalue weighted by molar-refractivity contribution is 5.78. The van der Waals surface area contributed by atoms with Crippen LogP contribution in [0.2, 0.25) is 0 Å². The summed E-state index contributed by atoms with van der Waals surface area (Å²) in [6, 6.07) is 10.3. The van der Waals surface area contributed by atoms with Crippen molar-refractivity contribution in [3.8, 4) is 0 Å². The molecule has 0 aromatic heterocycles.